The molecule has 0 aliphatic rings. The van der Waals surface area contributed by atoms with Gasteiger partial charge < -0.3 is 14.4 Å². The van der Waals surface area contributed by atoms with Gasteiger partial charge in [0.05, 0.1) is 18.8 Å². The Morgan fingerprint density at radius 2 is 1.61 bits per heavy atom. The maximum absolute atomic E-state index is 12.5. The Balaban J connectivity index is 1.78. The van der Waals surface area contributed by atoms with Crippen LogP contribution in [0.1, 0.15) is 44.5 Å². The molecule has 2 aromatic carbocycles. The molecule has 0 bridgehead atoms. The minimum Gasteiger partial charge on any atom is -0.473 e. The van der Waals surface area contributed by atoms with Crippen molar-refractivity contribution in [3.63, 3.8) is 0 Å². The Labute approximate surface area is 184 Å². The molecule has 6 nitrogen and oxygen atoms in total. The van der Waals surface area contributed by atoms with Gasteiger partial charge in [0.15, 0.2) is 0 Å². The molecule has 0 N–H and O–H groups in total. The fourth-order valence-corrected chi connectivity index (χ4v) is 3.07. The Morgan fingerprint density at radius 1 is 1.00 bits per heavy atom. The van der Waals surface area contributed by atoms with E-state index >= 15 is 0 Å². The summed E-state index contributed by atoms with van der Waals surface area (Å²) in [6.07, 6.45) is -0.348. The van der Waals surface area contributed by atoms with Crippen LogP contribution >= 0.6 is 0 Å². The van der Waals surface area contributed by atoms with E-state index in [2.05, 4.69) is 12.1 Å². The number of carbonyl (C=O) groups excluding carboxylic acids is 1. The summed E-state index contributed by atoms with van der Waals surface area (Å²) < 4.78 is 13.5. The van der Waals surface area contributed by atoms with E-state index in [1.807, 2.05) is 87.0 Å². The average Bonchev–Trinajstić information content (AvgIpc) is 3.11. The van der Waals surface area contributed by atoms with Gasteiger partial charge in [-0.2, -0.15) is 5.10 Å². The summed E-state index contributed by atoms with van der Waals surface area (Å²) in [5.41, 5.74) is 2.43. The highest BCUT2D eigenvalue weighted by Crippen LogP contribution is 2.20. The number of carbonyl (C=O) groups is 1. The van der Waals surface area contributed by atoms with Crippen LogP contribution in [-0.2, 0) is 24.4 Å². The number of amides is 1. The second kappa shape index (κ2) is 10.2. The summed E-state index contributed by atoms with van der Waals surface area (Å²) in [5, 5.41) is 4.73. The lowest BCUT2D eigenvalue weighted by Crippen LogP contribution is -2.36. The minimum absolute atomic E-state index is 0.348. The predicted molar refractivity (Wildman–Crippen MR) is 121 cm³/mol. The van der Waals surface area contributed by atoms with E-state index in [1.54, 1.807) is 4.90 Å². The Kier molecular flexibility index (Phi) is 7.34. The van der Waals surface area contributed by atoms with Gasteiger partial charge in [-0.1, -0.05) is 60.7 Å². The zero-order valence-corrected chi connectivity index (χ0v) is 18.7. The van der Waals surface area contributed by atoms with Gasteiger partial charge in [0.25, 0.3) is 0 Å². The van der Waals surface area contributed by atoms with Crippen LogP contribution in [0.4, 0.5) is 4.79 Å². The lowest BCUT2D eigenvalue weighted by Gasteiger charge is -2.26. The molecule has 164 valence electrons. The van der Waals surface area contributed by atoms with E-state index in [1.165, 1.54) is 0 Å². The van der Waals surface area contributed by atoms with Crippen molar-refractivity contribution in [2.45, 2.75) is 53.0 Å². The highest BCUT2D eigenvalue weighted by molar-refractivity contribution is 5.68. The molecule has 3 aromatic rings. The van der Waals surface area contributed by atoms with Crippen molar-refractivity contribution in [3.8, 4) is 5.88 Å². The first kappa shape index (κ1) is 22.4. The first-order valence-electron chi connectivity index (χ1n) is 10.6. The van der Waals surface area contributed by atoms with Gasteiger partial charge in [-0.25, -0.2) is 9.48 Å². The smallest absolute Gasteiger partial charge is 0.410 e. The molecule has 3 rings (SSSR count). The molecule has 0 aliphatic heterocycles. The highest BCUT2D eigenvalue weighted by Gasteiger charge is 2.22. The standard InChI is InChI=1S/C25H31N3O3/c1-5-27(24(29)31-25(2,3)4)18-22-16-23(30-19-21-14-10-7-11-15-21)28(26-22)17-20-12-8-6-9-13-20/h6-16H,5,17-19H2,1-4H3. The Bertz CT molecular complexity index is 963. The number of ether oxygens (including phenoxy) is 2. The largest absolute Gasteiger partial charge is 0.473 e. The lowest BCUT2D eigenvalue weighted by molar-refractivity contribution is 0.0242. The van der Waals surface area contributed by atoms with Gasteiger partial charge in [-0.3, -0.25) is 0 Å². The molecule has 1 amide bonds. The van der Waals surface area contributed by atoms with Crippen LogP contribution in [-0.4, -0.2) is 32.9 Å². The molecule has 0 unspecified atom stereocenters. The molecule has 0 saturated carbocycles. The van der Waals surface area contributed by atoms with Crippen LogP contribution < -0.4 is 4.74 Å². The van der Waals surface area contributed by atoms with Gasteiger partial charge in [-0.15, -0.1) is 0 Å². The molecule has 0 atom stereocenters. The Hall–Kier alpha value is -3.28. The molecule has 1 heterocycles. The summed E-state index contributed by atoms with van der Waals surface area (Å²) in [4.78, 5) is 14.2. The second-order valence-corrected chi connectivity index (χ2v) is 8.39. The second-order valence-electron chi connectivity index (χ2n) is 8.39. The van der Waals surface area contributed by atoms with E-state index in [0.29, 0.717) is 32.1 Å². The van der Waals surface area contributed by atoms with Crippen LogP contribution in [0, 0.1) is 0 Å². The average molecular weight is 422 g/mol. The summed E-state index contributed by atoms with van der Waals surface area (Å²) in [5.74, 6) is 0.669. The Morgan fingerprint density at radius 3 is 2.19 bits per heavy atom. The summed E-state index contributed by atoms with van der Waals surface area (Å²) in [6, 6.07) is 22.0. The SMILES string of the molecule is CCN(Cc1cc(OCc2ccccc2)n(Cc2ccccc2)n1)C(=O)OC(C)(C)C. The highest BCUT2D eigenvalue weighted by atomic mass is 16.6. The van der Waals surface area contributed by atoms with E-state index in [-0.39, 0.29) is 6.09 Å². The zero-order valence-electron chi connectivity index (χ0n) is 18.7. The number of hydrogen-bond acceptors (Lipinski definition) is 4. The van der Waals surface area contributed by atoms with E-state index in [9.17, 15) is 4.79 Å². The fourth-order valence-electron chi connectivity index (χ4n) is 3.07. The molecule has 0 fully saturated rings. The monoisotopic (exact) mass is 421 g/mol. The number of hydrogen-bond donors (Lipinski definition) is 0. The first-order chi connectivity index (χ1) is 14.8. The lowest BCUT2D eigenvalue weighted by atomic mass is 10.2. The van der Waals surface area contributed by atoms with Gasteiger partial charge in [0.2, 0.25) is 5.88 Å². The maximum Gasteiger partial charge on any atom is 0.410 e. The molecule has 0 saturated heterocycles. The molecule has 0 spiro atoms. The molecule has 0 aliphatic carbocycles. The van der Waals surface area contributed by atoms with E-state index in [0.717, 1.165) is 16.8 Å². The zero-order chi connectivity index (χ0) is 22.3. The summed E-state index contributed by atoms with van der Waals surface area (Å²) >= 11 is 0. The van der Waals surface area contributed by atoms with Crippen molar-refractivity contribution in [1.82, 2.24) is 14.7 Å². The van der Waals surface area contributed by atoms with Crippen molar-refractivity contribution >= 4 is 6.09 Å². The molecular formula is C25H31N3O3. The first-order valence-corrected chi connectivity index (χ1v) is 10.6. The minimum atomic E-state index is -0.541. The molecule has 0 radical (unpaired) electrons. The van der Waals surface area contributed by atoms with Crippen molar-refractivity contribution in [2.24, 2.45) is 0 Å². The van der Waals surface area contributed by atoms with Crippen molar-refractivity contribution in [3.05, 3.63) is 83.6 Å². The van der Waals surface area contributed by atoms with Crippen LogP contribution in [0.25, 0.3) is 0 Å². The summed E-state index contributed by atoms with van der Waals surface area (Å²) in [6.45, 7) is 9.44. The third kappa shape index (κ3) is 6.88. The summed E-state index contributed by atoms with van der Waals surface area (Å²) in [7, 11) is 0. The van der Waals surface area contributed by atoms with Gasteiger partial charge in [-0.05, 0) is 38.8 Å². The van der Waals surface area contributed by atoms with Crippen molar-refractivity contribution < 1.29 is 14.3 Å². The molecule has 1 aromatic heterocycles. The molecule has 31 heavy (non-hydrogen) atoms. The van der Waals surface area contributed by atoms with Crippen molar-refractivity contribution in [2.75, 3.05) is 6.54 Å². The normalized spacial score (nSPS) is 11.2. The van der Waals surface area contributed by atoms with Crippen LogP contribution in [0.15, 0.2) is 66.7 Å². The van der Waals surface area contributed by atoms with Gasteiger partial charge >= 0.3 is 6.09 Å². The van der Waals surface area contributed by atoms with Gasteiger partial charge in [0.1, 0.15) is 12.2 Å². The number of rotatable bonds is 8. The maximum atomic E-state index is 12.5. The van der Waals surface area contributed by atoms with E-state index < -0.39 is 5.60 Å². The number of nitrogens with zero attached hydrogens (tertiary/aromatic N) is 3. The fraction of sp³-hybridized carbons (Fsp3) is 0.360. The predicted octanol–water partition coefficient (Wildman–Crippen LogP) is 5.27. The van der Waals surface area contributed by atoms with Crippen LogP contribution in [0.2, 0.25) is 0 Å². The van der Waals surface area contributed by atoms with Crippen molar-refractivity contribution in [1.29, 1.82) is 0 Å². The van der Waals surface area contributed by atoms with E-state index in [4.69, 9.17) is 14.6 Å². The molecular weight excluding hydrogens is 390 g/mol. The topological polar surface area (TPSA) is 56.6 Å². The number of benzene rings is 2. The van der Waals surface area contributed by atoms with Crippen LogP contribution in [0.5, 0.6) is 5.88 Å². The van der Waals surface area contributed by atoms with Crippen LogP contribution in [0.3, 0.4) is 0 Å². The third-order valence-electron chi connectivity index (χ3n) is 4.58. The third-order valence-corrected chi connectivity index (χ3v) is 4.58. The quantitative estimate of drug-likeness (QED) is 0.497. The molecule has 6 heteroatoms. The number of aromatic nitrogens is 2. The van der Waals surface area contributed by atoms with Gasteiger partial charge in [0, 0.05) is 12.6 Å².